The molecule has 0 radical (unpaired) electrons. The highest BCUT2D eigenvalue weighted by molar-refractivity contribution is 6.42. The van der Waals surface area contributed by atoms with E-state index >= 15 is 0 Å². The van der Waals surface area contributed by atoms with Gasteiger partial charge in [-0.05, 0) is 24.3 Å². The molecule has 0 unspecified atom stereocenters. The van der Waals surface area contributed by atoms with E-state index in [0.717, 1.165) is 0 Å². The fourth-order valence-corrected chi connectivity index (χ4v) is 2.54. The highest BCUT2D eigenvalue weighted by atomic mass is 35.5. The van der Waals surface area contributed by atoms with Crippen molar-refractivity contribution in [2.24, 2.45) is 0 Å². The number of H-pyrrole nitrogens is 1. The summed E-state index contributed by atoms with van der Waals surface area (Å²) < 4.78 is 50.9. The quantitative estimate of drug-likeness (QED) is 0.631. The Balaban J connectivity index is 2.16. The van der Waals surface area contributed by atoms with E-state index in [9.17, 15) is 18.0 Å². The Hall–Kier alpha value is -2.78. The summed E-state index contributed by atoms with van der Waals surface area (Å²) in [5.41, 5.74) is -2.74. The predicted molar refractivity (Wildman–Crippen MR) is 96.2 cm³/mol. The molecule has 0 bridgehead atoms. The van der Waals surface area contributed by atoms with Gasteiger partial charge in [-0.2, -0.15) is 13.2 Å². The number of nitrogens with one attached hydrogen (secondary N) is 1. The fraction of sp³-hybridized carbons (Fsp3) is 0.118. The number of alkyl halides is 3. The van der Waals surface area contributed by atoms with Crippen molar-refractivity contribution < 1.29 is 22.6 Å². The van der Waals surface area contributed by atoms with Crippen LogP contribution in [-0.4, -0.2) is 22.1 Å². The first kappa shape index (κ1) is 20.0. The van der Waals surface area contributed by atoms with Gasteiger partial charge in [-0.15, -0.1) is 0 Å². The number of rotatable bonds is 4. The number of aromatic amines is 1. The van der Waals surface area contributed by atoms with Gasteiger partial charge < -0.3 is 14.5 Å². The first-order valence-electron chi connectivity index (χ1n) is 7.54. The van der Waals surface area contributed by atoms with Crippen molar-refractivity contribution in [3.05, 3.63) is 62.6 Å². The van der Waals surface area contributed by atoms with Crippen LogP contribution in [0, 0.1) is 0 Å². The van der Waals surface area contributed by atoms with Crippen LogP contribution in [0.3, 0.4) is 0 Å². The molecule has 2 aromatic heterocycles. The number of benzene rings is 1. The Labute approximate surface area is 165 Å². The third-order valence-corrected chi connectivity index (χ3v) is 4.21. The van der Waals surface area contributed by atoms with Crippen LogP contribution < -0.4 is 15.0 Å². The monoisotopic (exact) mass is 431 g/mol. The lowest BCUT2D eigenvalue weighted by Gasteiger charge is -2.14. The molecule has 0 amide bonds. The van der Waals surface area contributed by atoms with Crippen LogP contribution in [0.2, 0.25) is 10.0 Å². The third-order valence-electron chi connectivity index (χ3n) is 3.47. The van der Waals surface area contributed by atoms with Gasteiger partial charge in [-0.3, -0.25) is 4.79 Å². The third kappa shape index (κ3) is 4.05. The predicted octanol–water partition coefficient (Wildman–Crippen LogP) is 4.96. The van der Waals surface area contributed by atoms with Crippen molar-refractivity contribution in [3.63, 3.8) is 0 Å². The normalized spacial score (nSPS) is 11.4. The molecule has 0 spiro atoms. The molecule has 2 heterocycles. The molecule has 3 aromatic rings. The molecule has 1 N–H and O–H groups in total. The van der Waals surface area contributed by atoms with E-state index in [0.29, 0.717) is 0 Å². The zero-order chi connectivity index (χ0) is 20.5. The minimum absolute atomic E-state index is 0.0481. The maximum absolute atomic E-state index is 13.6. The van der Waals surface area contributed by atoms with Gasteiger partial charge >= 0.3 is 6.18 Å². The molecule has 0 fully saturated rings. The van der Waals surface area contributed by atoms with Crippen molar-refractivity contribution >= 4 is 23.2 Å². The van der Waals surface area contributed by atoms with Crippen LogP contribution in [0.1, 0.15) is 5.69 Å². The van der Waals surface area contributed by atoms with Crippen LogP contribution in [-0.2, 0) is 6.18 Å². The Morgan fingerprint density at radius 1 is 1.14 bits per heavy atom. The van der Waals surface area contributed by atoms with Gasteiger partial charge in [-0.25, -0.2) is 9.97 Å². The van der Waals surface area contributed by atoms with E-state index in [4.69, 9.17) is 32.7 Å². The summed E-state index contributed by atoms with van der Waals surface area (Å²) in [7, 11) is 1.31. The van der Waals surface area contributed by atoms with Crippen molar-refractivity contribution in [1.82, 2.24) is 15.0 Å². The highest BCUT2D eigenvalue weighted by Crippen LogP contribution is 2.37. The minimum Gasteiger partial charge on any atom is -0.494 e. The Bertz CT molecular complexity index is 1090. The zero-order valence-corrected chi connectivity index (χ0v) is 15.5. The first-order valence-corrected chi connectivity index (χ1v) is 8.30. The van der Waals surface area contributed by atoms with Gasteiger partial charge in [0.2, 0.25) is 5.75 Å². The number of halogens is 5. The fourth-order valence-electron chi connectivity index (χ4n) is 2.25. The number of hydrogen-bond acceptors (Lipinski definition) is 5. The number of aromatic nitrogens is 3. The second-order valence-electron chi connectivity index (χ2n) is 5.32. The van der Waals surface area contributed by atoms with Crippen molar-refractivity contribution in [1.29, 1.82) is 0 Å². The van der Waals surface area contributed by atoms with Gasteiger partial charge in [0.25, 0.3) is 5.56 Å². The Morgan fingerprint density at radius 2 is 1.89 bits per heavy atom. The summed E-state index contributed by atoms with van der Waals surface area (Å²) in [6.45, 7) is 0. The summed E-state index contributed by atoms with van der Waals surface area (Å²) in [6, 6.07) is 6.76. The number of methoxy groups -OCH3 is 1. The van der Waals surface area contributed by atoms with E-state index in [-0.39, 0.29) is 27.2 Å². The Morgan fingerprint density at radius 3 is 2.54 bits per heavy atom. The summed E-state index contributed by atoms with van der Waals surface area (Å²) in [5, 5.41) is 0.224. The van der Waals surface area contributed by atoms with Crippen LogP contribution in [0.5, 0.6) is 17.2 Å². The van der Waals surface area contributed by atoms with Crippen LogP contribution in [0.15, 0.2) is 41.3 Å². The molecule has 0 aliphatic rings. The van der Waals surface area contributed by atoms with Crippen molar-refractivity contribution in [2.75, 3.05) is 7.11 Å². The molecular formula is C17H10Cl2F3N3O3. The summed E-state index contributed by atoms with van der Waals surface area (Å²) in [5.74, 6) is -1.44. The molecule has 0 aliphatic carbocycles. The lowest BCUT2D eigenvalue weighted by atomic mass is 10.2. The van der Waals surface area contributed by atoms with Gasteiger partial charge in [-0.1, -0.05) is 23.2 Å². The van der Waals surface area contributed by atoms with Gasteiger partial charge in [0.05, 0.1) is 17.2 Å². The van der Waals surface area contributed by atoms with Crippen molar-refractivity contribution in [3.8, 4) is 28.8 Å². The molecule has 28 heavy (non-hydrogen) atoms. The lowest BCUT2D eigenvalue weighted by Crippen LogP contribution is -2.21. The summed E-state index contributed by atoms with van der Waals surface area (Å²) in [6.07, 6.45) is -3.65. The number of pyridine rings is 1. The molecule has 0 saturated carbocycles. The van der Waals surface area contributed by atoms with Crippen LogP contribution >= 0.6 is 23.2 Å². The maximum Gasteiger partial charge on any atom is 0.437 e. The molecule has 0 aliphatic heterocycles. The van der Waals surface area contributed by atoms with Gasteiger partial charge in [0.1, 0.15) is 17.2 Å². The largest absolute Gasteiger partial charge is 0.494 e. The number of ether oxygens (including phenoxy) is 2. The average Bonchev–Trinajstić information content (AvgIpc) is 2.65. The SMILES string of the molecule is COc1cccnc1-c1nc(C(F)(F)F)c(Oc2ccc(Cl)c(Cl)c2)c(=O)[nH]1. The number of nitrogens with zero attached hydrogens (tertiary/aromatic N) is 2. The molecule has 0 atom stereocenters. The van der Waals surface area contributed by atoms with E-state index in [1.165, 1.54) is 43.6 Å². The molecule has 1 aromatic carbocycles. The maximum atomic E-state index is 13.6. The van der Waals surface area contributed by atoms with E-state index < -0.39 is 29.0 Å². The van der Waals surface area contributed by atoms with Crippen LogP contribution in [0.4, 0.5) is 13.2 Å². The highest BCUT2D eigenvalue weighted by Gasteiger charge is 2.39. The summed E-state index contributed by atoms with van der Waals surface area (Å²) in [4.78, 5) is 22.1. The smallest absolute Gasteiger partial charge is 0.437 e. The molecule has 146 valence electrons. The Kier molecular flexibility index (Phi) is 5.48. The van der Waals surface area contributed by atoms with E-state index in [1.54, 1.807) is 0 Å². The molecule has 3 rings (SSSR count). The van der Waals surface area contributed by atoms with Crippen molar-refractivity contribution in [2.45, 2.75) is 6.18 Å². The summed E-state index contributed by atoms with van der Waals surface area (Å²) >= 11 is 11.6. The first-order chi connectivity index (χ1) is 13.2. The molecule has 11 heteroatoms. The van der Waals surface area contributed by atoms with Gasteiger partial charge in [0.15, 0.2) is 11.5 Å². The van der Waals surface area contributed by atoms with Gasteiger partial charge in [0, 0.05) is 12.3 Å². The van der Waals surface area contributed by atoms with E-state index in [1.807, 2.05) is 0 Å². The molecule has 6 nitrogen and oxygen atoms in total. The molecular weight excluding hydrogens is 422 g/mol. The second-order valence-corrected chi connectivity index (χ2v) is 6.14. The number of hydrogen-bond donors (Lipinski definition) is 1. The van der Waals surface area contributed by atoms with Crippen LogP contribution in [0.25, 0.3) is 11.5 Å². The second kappa shape index (κ2) is 7.69. The molecule has 0 saturated heterocycles. The lowest BCUT2D eigenvalue weighted by molar-refractivity contribution is -0.142. The standard InChI is InChI=1S/C17H10Cl2F3N3O3/c1-27-11-3-2-6-23-12(11)15-24-14(17(20,21)22)13(16(26)25-15)28-8-4-5-9(18)10(19)7-8/h2-7H,1H3,(H,24,25,26). The minimum atomic E-state index is -4.98. The zero-order valence-electron chi connectivity index (χ0n) is 14.0. The van der Waals surface area contributed by atoms with E-state index in [2.05, 4.69) is 15.0 Å². The topological polar surface area (TPSA) is 77.1 Å². The average molecular weight is 432 g/mol.